The Kier molecular flexibility index (Phi) is 7.47. The minimum absolute atomic E-state index is 0.0247. The lowest BCUT2D eigenvalue weighted by Crippen LogP contribution is -2.29. The molecule has 0 saturated heterocycles. The number of carbonyl (C=O) groups is 2. The lowest BCUT2D eigenvalue weighted by atomic mass is 10.2. The Balaban J connectivity index is 3.43. The number of sulfonamides is 1. The molecule has 0 aliphatic heterocycles. The number of rotatable bonds is 9. The van der Waals surface area contributed by atoms with E-state index in [1.54, 1.807) is 0 Å². The lowest BCUT2D eigenvalue weighted by molar-refractivity contribution is -0.137. The number of hydrogen-bond donors (Lipinski definition) is 3. The maximum atomic E-state index is 11.1. The van der Waals surface area contributed by atoms with Crippen LogP contribution in [0.25, 0.3) is 0 Å². The smallest absolute Gasteiger partial charge is 0.303 e. The average Bonchev–Trinajstić information content (AvgIpc) is 2.14. The number of nitrogens with one attached hydrogen (secondary N) is 2. The Morgan fingerprint density at radius 1 is 1.12 bits per heavy atom. The van der Waals surface area contributed by atoms with Crippen LogP contribution in [0, 0.1) is 0 Å². The summed E-state index contributed by atoms with van der Waals surface area (Å²) < 4.78 is 23.7. The summed E-state index contributed by atoms with van der Waals surface area (Å²) >= 11 is 0. The maximum Gasteiger partial charge on any atom is 0.303 e. The third-order valence-electron chi connectivity index (χ3n) is 1.83. The Bertz CT molecular complexity index is 352. The number of carboxylic acids is 1. The molecule has 0 aromatic carbocycles. The summed E-state index contributed by atoms with van der Waals surface area (Å²) in [6.45, 7) is 0.642. The minimum Gasteiger partial charge on any atom is -0.481 e. The van der Waals surface area contributed by atoms with Crippen LogP contribution in [0.2, 0.25) is 0 Å². The van der Waals surface area contributed by atoms with Crippen molar-refractivity contribution in [3.05, 3.63) is 0 Å². The summed E-state index contributed by atoms with van der Waals surface area (Å²) in [6, 6.07) is 0. The van der Waals surface area contributed by atoms with Gasteiger partial charge in [0.2, 0.25) is 15.9 Å². The molecule has 3 N–H and O–H groups in total. The van der Waals surface area contributed by atoms with E-state index in [-0.39, 0.29) is 25.3 Å². The summed E-state index contributed by atoms with van der Waals surface area (Å²) in [5.41, 5.74) is 0. The van der Waals surface area contributed by atoms with Gasteiger partial charge in [-0.15, -0.1) is 0 Å². The van der Waals surface area contributed by atoms with E-state index in [1.165, 1.54) is 0 Å². The predicted molar refractivity (Wildman–Crippen MR) is 62.0 cm³/mol. The minimum atomic E-state index is -3.18. The molecule has 0 rings (SSSR count). The van der Waals surface area contributed by atoms with Crippen LogP contribution in [0.3, 0.4) is 0 Å². The van der Waals surface area contributed by atoms with Gasteiger partial charge >= 0.3 is 5.97 Å². The first-order valence-electron chi connectivity index (χ1n) is 5.24. The fraction of sp³-hybridized carbons (Fsp3) is 0.778. The monoisotopic (exact) mass is 266 g/mol. The number of carbonyl (C=O) groups excluding carboxylic acids is 1. The van der Waals surface area contributed by atoms with Crippen LogP contribution < -0.4 is 10.0 Å². The second kappa shape index (κ2) is 8.02. The van der Waals surface area contributed by atoms with E-state index in [0.717, 1.165) is 6.26 Å². The van der Waals surface area contributed by atoms with Crippen molar-refractivity contribution in [3.8, 4) is 0 Å². The highest BCUT2D eigenvalue weighted by Crippen LogP contribution is 1.94. The van der Waals surface area contributed by atoms with E-state index in [4.69, 9.17) is 5.11 Å². The number of hydrogen-bond acceptors (Lipinski definition) is 4. The molecule has 0 unspecified atom stereocenters. The van der Waals surface area contributed by atoms with E-state index >= 15 is 0 Å². The van der Waals surface area contributed by atoms with E-state index in [2.05, 4.69) is 10.0 Å². The molecule has 1 amide bonds. The predicted octanol–water partition coefficient (Wildman–Crippen LogP) is -0.703. The van der Waals surface area contributed by atoms with Crippen molar-refractivity contribution in [1.82, 2.24) is 10.0 Å². The SMILES string of the molecule is CS(=O)(=O)NCCCNC(=O)CCCC(=O)O. The van der Waals surface area contributed by atoms with Crippen molar-refractivity contribution >= 4 is 21.9 Å². The van der Waals surface area contributed by atoms with Gasteiger partial charge in [-0.2, -0.15) is 0 Å². The molecule has 7 nitrogen and oxygen atoms in total. The molecule has 100 valence electrons. The zero-order valence-electron chi connectivity index (χ0n) is 9.73. The summed E-state index contributed by atoms with van der Waals surface area (Å²) in [6.07, 6.45) is 2.02. The van der Waals surface area contributed by atoms with Gasteiger partial charge in [-0.25, -0.2) is 13.1 Å². The van der Waals surface area contributed by atoms with E-state index in [0.29, 0.717) is 19.4 Å². The largest absolute Gasteiger partial charge is 0.481 e. The van der Waals surface area contributed by atoms with Gasteiger partial charge in [0, 0.05) is 25.9 Å². The quantitative estimate of drug-likeness (QED) is 0.477. The Morgan fingerprint density at radius 2 is 1.76 bits per heavy atom. The summed E-state index contributed by atoms with van der Waals surface area (Å²) in [5, 5.41) is 10.9. The van der Waals surface area contributed by atoms with E-state index in [9.17, 15) is 18.0 Å². The van der Waals surface area contributed by atoms with Crippen LogP contribution in [0.4, 0.5) is 0 Å². The molecule has 8 heteroatoms. The molecule has 0 spiro atoms. The zero-order chi connectivity index (χ0) is 13.3. The molecule has 17 heavy (non-hydrogen) atoms. The highest BCUT2D eigenvalue weighted by molar-refractivity contribution is 7.88. The van der Waals surface area contributed by atoms with Crippen LogP contribution in [0.1, 0.15) is 25.7 Å². The summed E-state index contributed by atoms with van der Waals surface area (Å²) in [4.78, 5) is 21.3. The van der Waals surface area contributed by atoms with Gasteiger partial charge in [0.1, 0.15) is 0 Å². The van der Waals surface area contributed by atoms with Crippen LogP contribution >= 0.6 is 0 Å². The lowest BCUT2D eigenvalue weighted by Gasteiger charge is -2.05. The van der Waals surface area contributed by atoms with Crippen molar-refractivity contribution < 1.29 is 23.1 Å². The standard InChI is InChI=1S/C9H18N2O5S/c1-17(15,16)11-7-3-6-10-8(12)4-2-5-9(13)14/h11H,2-7H2,1H3,(H,10,12)(H,13,14). The van der Waals surface area contributed by atoms with Crippen molar-refractivity contribution in [2.24, 2.45) is 0 Å². The molecule has 0 aliphatic carbocycles. The van der Waals surface area contributed by atoms with Gasteiger partial charge in [0.15, 0.2) is 0 Å². The fourth-order valence-corrected chi connectivity index (χ4v) is 1.58. The second-order valence-corrected chi connectivity index (χ2v) is 5.45. The average molecular weight is 266 g/mol. The summed E-state index contributed by atoms with van der Waals surface area (Å²) in [7, 11) is -3.18. The van der Waals surface area contributed by atoms with E-state index in [1.807, 2.05) is 0 Å². The van der Waals surface area contributed by atoms with Crippen molar-refractivity contribution in [1.29, 1.82) is 0 Å². The molecule has 0 radical (unpaired) electrons. The molecule has 0 aliphatic rings. The molecular formula is C9H18N2O5S. The zero-order valence-corrected chi connectivity index (χ0v) is 10.5. The first-order valence-corrected chi connectivity index (χ1v) is 7.13. The van der Waals surface area contributed by atoms with Crippen LogP contribution in [-0.2, 0) is 19.6 Å². The third-order valence-corrected chi connectivity index (χ3v) is 2.56. The maximum absolute atomic E-state index is 11.1. The van der Waals surface area contributed by atoms with Crippen LogP contribution in [0.5, 0.6) is 0 Å². The molecular weight excluding hydrogens is 248 g/mol. The first-order chi connectivity index (χ1) is 7.81. The fourth-order valence-electron chi connectivity index (χ4n) is 1.06. The van der Waals surface area contributed by atoms with Crippen molar-refractivity contribution in [2.45, 2.75) is 25.7 Å². The Labute approximate surface area is 101 Å². The molecule has 0 fully saturated rings. The molecule has 0 aromatic heterocycles. The van der Waals surface area contributed by atoms with Crippen molar-refractivity contribution in [2.75, 3.05) is 19.3 Å². The topological polar surface area (TPSA) is 113 Å². The van der Waals surface area contributed by atoms with Crippen LogP contribution in [0.15, 0.2) is 0 Å². The molecule has 0 bridgehead atoms. The highest BCUT2D eigenvalue weighted by atomic mass is 32.2. The molecule has 0 atom stereocenters. The third kappa shape index (κ3) is 12.8. The number of carboxylic acid groups (broad SMARTS) is 1. The normalized spacial score (nSPS) is 11.1. The molecule has 0 saturated carbocycles. The second-order valence-electron chi connectivity index (χ2n) is 3.62. The Hall–Kier alpha value is -1.15. The van der Waals surface area contributed by atoms with Crippen molar-refractivity contribution in [3.63, 3.8) is 0 Å². The number of aliphatic carboxylic acids is 1. The van der Waals surface area contributed by atoms with Gasteiger partial charge in [0.05, 0.1) is 6.26 Å². The van der Waals surface area contributed by atoms with Gasteiger partial charge in [-0.1, -0.05) is 0 Å². The van der Waals surface area contributed by atoms with Gasteiger partial charge in [-0.05, 0) is 12.8 Å². The van der Waals surface area contributed by atoms with Gasteiger partial charge in [-0.3, -0.25) is 9.59 Å². The molecule has 0 aromatic rings. The van der Waals surface area contributed by atoms with Crippen LogP contribution in [-0.4, -0.2) is 44.7 Å². The molecule has 0 heterocycles. The summed E-state index contributed by atoms with van der Waals surface area (Å²) in [5.74, 6) is -1.14. The van der Waals surface area contributed by atoms with E-state index < -0.39 is 16.0 Å². The highest BCUT2D eigenvalue weighted by Gasteiger charge is 2.03. The van der Waals surface area contributed by atoms with Gasteiger partial charge in [0.25, 0.3) is 0 Å². The Morgan fingerprint density at radius 3 is 2.29 bits per heavy atom. The van der Waals surface area contributed by atoms with Gasteiger partial charge < -0.3 is 10.4 Å². The first kappa shape index (κ1) is 15.9. The number of amides is 1.